The molecule has 1 aromatic carbocycles. The van der Waals surface area contributed by atoms with E-state index in [9.17, 15) is 4.79 Å². The van der Waals surface area contributed by atoms with Crippen molar-refractivity contribution in [1.82, 2.24) is 5.32 Å². The quantitative estimate of drug-likeness (QED) is 0.865. The fourth-order valence-electron chi connectivity index (χ4n) is 1.77. The third-order valence-electron chi connectivity index (χ3n) is 2.86. The first-order valence-electron chi connectivity index (χ1n) is 6.78. The van der Waals surface area contributed by atoms with Gasteiger partial charge < -0.3 is 20.7 Å². The number of ether oxygens (including phenoxy) is 1. The number of likely N-dealkylation sites (N-methyl/N-ethyl adjacent to an activating group) is 1. The Balaban J connectivity index is 2.53. The van der Waals surface area contributed by atoms with Crippen molar-refractivity contribution in [3.8, 4) is 0 Å². The topological polar surface area (TPSA) is 67.6 Å². The first-order chi connectivity index (χ1) is 9.33. The zero-order valence-electron chi connectivity index (χ0n) is 12.7. The van der Waals surface area contributed by atoms with Gasteiger partial charge >= 0.3 is 6.09 Å². The summed E-state index contributed by atoms with van der Waals surface area (Å²) in [5, 5.41) is 2.76. The number of nitrogens with zero attached hydrogens (tertiary/aromatic N) is 1. The summed E-state index contributed by atoms with van der Waals surface area (Å²) in [7, 11) is 1.96. The van der Waals surface area contributed by atoms with Gasteiger partial charge in [-0.15, -0.1) is 0 Å². The van der Waals surface area contributed by atoms with Crippen molar-refractivity contribution in [3.63, 3.8) is 0 Å². The van der Waals surface area contributed by atoms with Crippen molar-refractivity contribution < 1.29 is 9.53 Å². The number of hydrogen-bond acceptors (Lipinski definition) is 4. The van der Waals surface area contributed by atoms with Crippen LogP contribution in [-0.4, -0.2) is 37.9 Å². The van der Waals surface area contributed by atoms with Crippen LogP contribution >= 0.6 is 0 Å². The maximum atomic E-state index is 11.6. The Bertz CT molecular complexity index is 415. The van der Waals surface area contributed by atoms with E-state index in [0.717, 1.165) is 5.69 Å². The van der Waals surface area contributed by atoms with Crippen LogP contribution in [0.3, 0.4) is 0 Å². The van der Waals surface area contributed by atoms with Crippen molar-refractivity contribution in [3.05, 3.63) is 30.3 Å². The van der Waals surface area contributed by atoms with E-state index in [2.05, 4.69) is 10.2 Å². The van der Waals surface area contributed by atoms with Gasteiger partial charge in [-0.25, -0.2) is 4.79 Å². The molecule has 3 N–H and O–H groups in total. The number of para-hydroxylation sites is 1. The van der Waals surface area contributed by atoms with Crippen LogP contribution in [0.5, 0.6) is 0 Å². The summed E-state index contributed by atoms with van der Waals surface area (Å²) in [4.78, 5) is 13.7. The fourth-order valence-corrected chi connectivity index (χ4v) is 1.77. The van der Waals surface area contributed by atoms with Crippen molar-refractivity contribution in [1.29, 1.82) is 0 Å². The zero-order valence-corrected chi connectivity index (χ0v) is 12.7. The van der Waals surface area contributed by atoms with Crippen molar-refractivity contribution in [2.24, 2.45) is 5.73 Å². The molecule has 0 aromatic heterocycles. The minimum Gasteiger partial charge on any atom is -0.444 e. The summed E-state index contributed by atoms with van der Waals surface area (Å²) in [6.07, 6.45) is -0.419. The molecule has 1 amide bonds. The van der Waals surface area contributed by atoms with E-state index in [1.165, 1.54) is 0 Å². The van der Waals surface area contributed by atoms with Crippen LogP contribution in [0.2, 0.25) is 0 Å². The summed E-state index contributed by atoms with van der Waals surface area (Å²) < 4.78 is 5.21. The molecule has 0 radical (unpaired) electrons. The third-order valence-corrected chi connectivity index (χ3v) is 2.86. The summed E-state index contributed by atoms with van der Waals surface area (Å²) in [5.74, 6) is 0. The van der Waals surface area contributed by atoms with Gasteiger partial charge in [0.2, 0.25) is 0 Å². The number of nitrogens with one attached hydrogen (secondary N) is 1. The molecular formula is C15H25N3O2. The summed E-state index contributed by atoms with van der Waals surface area (Å²) in [5.41, 5.74) is 6.36. The molecule has 5 nitrogen and oxygen atoms in total. The lowest BCUT2D eigenvalue weighted by molar-refractivity contribution is 0.0525. The lowest BCUT2D eigenvalue weighted by atomic mass is 10.2. The van der Waals surface area contributed by atoms with Crippen LogP contribution < -0.4 is 16.0 Å². The third kappa shape index (κ3) is 5.48. The monoisotopic (exact) mass is 279 g/mol. The van der Waals surface area contributed by atoms with E-state index in [0.29, 0.717) is 13.1 Å². The van der Waals surface area contributed by atoms with Gasteiger partial charge in [-0.05, 0) is 32.9 Å². The van der Waals surface area contributed by atoms with Gasteiger partial charge in [0.1, 0.15) is 5.60 Å². The number of nitrogens with two attached hydrogens (primary N) is 1. The highest BCUT2D eigenvalue weighted by Crippen LogP contribution is 2.13. The van der Waals surface area contributed by atoms with E-state index in [4.69, 9.17) is 10.5 Å². The zero-order chi connectivity index (χ0) is 15.2. The Morgan fingerprint density at radius 2 is 1.95 bits per heavy atom. The van der Waals surface area contributed by atoms with Crippen molar-refractivity contribution in [2.45, 2.75) is 32.4 Å². The van der Waals surface area contributed by atoms with E-state index in [1.54, 1.807) is 0 Å². The Kier molecular flexibility index (Phi) is 5.82. The summed E-state index contributed by atoms with van der Waals surface area (Å²) in [6.45, 7) is 6.40. The van der Waals surface area contributed by atoms with Crippen LogP contribution in [0.4, 0.5) is 10.5 Å². The number of amides is 1. The highest BCUT2D eigenvalue weighted by atomic mass is 16.6. The highest BCUT2D eigenvalue weighted by molar-refractivity contribution is 5.67. The van der Waals surface area contributed by atoms with Crippen LogP contribution in [0.1, 0.15) is 20.8 Å². The SMILES string of the molecule is CN(c1ccccc1)C(CN)CNC(=O)OC(C)(C)C. The van der Waals surface area contributed by atoms with Gasteiger partial charge in [-0.3, -0.25) is 0 Å². The molecule has 0 bridgehead atoms. The second kappa shape index (κ2) is 7.14. The average molecular weight is 279 g/mol. The molecule has 0 aliphatic heterocycles. The van der Waals surface area contributed by atoms with Gasteiger partial charge in [-0.1, -0.05) is 18.2 Å². The van der Waals surface area contributed by atoms with Gasteiger partial charge in [0.25, 0.3) is 0 Å². The Morgan fingerprint density at radius 1 is 1.35 bits per heavy atom. The molecule has 0 heterocycles. The number of alkyl carbamates (subject to hydrolysis) is 1. The number of anilines is 1. The first-order valence-corrected chi connectivity index (χ1v) is 6.78. The van der Waals surface area contributed by atoms with Crippen molar-refractivity contribution in [2.75, 3.05) is 25.0 Å². The molecule has 1 atom stereocenters. The van der Waals surface area contributed by atoms with E-state index < -0.39 is 11.7 Å². The molecule has 0 saturated heterocycles. The minimum absolute atomic E-state index is 0.0184. The molecule has 20 heavy (non-hydrogen) atoms. The molecule has 5 heteroatoms. The molecule has 0 aliphatic rings. The molecule has 0 spiro atoms. The highest BCUT2D eigenvalue weighted by Gasteiger charge is 2.19. The largest absolute Gasteiger partial charge is 0.444 e. The molecular weight excluding hydrogens is 254 g/mol. The van der Waals surface area contributed by atoms with Crippen LogP contribution in [0.25, 0.3) is 0 Å². The standard InChI is InChI=1S/C15H25N3O2/c1-15(2,3)20-14(19)17-11-13(10-16)18(4)12-8-6-5-7-9-12/h5-9,13H,10-11,16H2,1-4H3,(H,17,19). The Hall–Kier alpha value is -1.75. The molecule has 1 unspecified atom stereocenters. The Morgan fingerprint density at radius 3 is 2.45 bits per heavy atom. The smallest absolute Gasteiger partial charge is 0.407 e. The molecule has 0 fully saturated rings. The second-order valence-electron chi connectivity index (χ2n) is 5.72. The van der Waals surface area contributed by atoms with E-state index >= 15 is 0 Å². The minimum atomic E-state index is -0.492. The molecule has 0 saturated carbocycles. The molecule has 1 rings (SSSR count). The van der Waals surface area contributed by atoms with Crippen LogP contribution in [0, 0.1) is 0 Å². The summed E-state index contributed by atoms with van der Waals surface area (Å²) in [6, 6.07) is 9.95. The van der Waals surface area contributed by atoms with Gasteiger partial charge in [0.05, 0.1) is 6.04 Å². The van der Waals surface area contributed by atoms with Gasteiger partial charge in [0.15, 0.2) is 0 Å². The Labute approximate surface area is 121 Å². The molecule has 1 aromatic rings. The van der Waals surface area contributed by atoms with E-state index in [1.807, 2.05) is 58.2 Å². The average Bonchev–Trinajstić information content (AvgIpc) is 2.38. The van der Waals surface area contributed by atoms with Gasteiger partial charge in [0, 0.05) is 25.8 Å². The number of carbonyl (C=O) groups is 1. The predicted molar refractivity (Wildman–Crippen MR) is 81.9 cm³/mol. The maximum absolute atomic E-state index is 11.6. The number of rotatable bonds is 5. The molecule has 112 valence electrons. The normalized spacial score (nSPS) is 12.7. The first kappa shape index (κ1) is 16.3. The number of hydrogen-bond donors (Lipinski definition) is 2. The lowest BCUT2D eigenvalue weighted by Gasteiger charge is -2.29. The number of benzene rings is 1. The lowest BCUT2D eigenvalue weighted by Crippen LogP contribution is -2.47. The van der Waals surface area contributed by atoms with Crippen molar-refractivity contribution >= 4 is 11.8 Å². The second-order valence-corrected chi connectivity index (χ2v) is 5.72. The van der Waals surface area contributed by atoms with Crippen LogP contribution in [0.15, 0.2) is 30.3 Å². The van der Waals surface area contributed by atoms with E-state index in [-0.39, 0.29) is 6.04 Å². The fraction of sp³-hybridized carbons (Fsp3) is 0.533. The maximum Gasteiger partial charge on any atom is 0.407 e. The molecule has 0 aliphatic carbocycles. The summed E-state index contributed by atoms with van der Waals surface area (Å²) >= 11 is 0. The number of carbonyl (C=O) groups excluding carboxylic acids is 1. The van der Waals surface area contributed by atoms with Gasteiger partial charge in [-0.2, -0.15) is 0 Å². The predicted octanol–water partition coefficient (Wildman–Crippen LogP) is 1.97. The van der Waals surface area contributed by atoms with Crippen LogP contribution in [-0.2, 0) is 4.74 Å².